The van der Waals surface area contributed by atoms with E-state index in [9.17, 15) is 4.79 Å². The van der Waals surface area contributed by atoms with E-state index in [-0.39, 0.29) is 12.1 Å². The summed E-state index contributed by atoms with van der Waals surface area (Å²) in [6.45, 7) is 11.2. The van der Waals surface area contributed by atoms with Crippen LogP contribution in [0.5, 0.6) is 0 Å². The van der Waals surface area contributed by atoms with Gasteiger partial charge >= 0.3 is 6.09 Å². The van der Waals surface area contributed by atoms with Crippen LogP contribution in [0.3, 0.4) is 0 Å². The average Bonchev–Trinajstić information content (AvgIpc) is 2.72. The van der Waals surface area contributed by atoms with Crippen molar-refractivity contribution in [3.05, 3.63) is 20.8 Å². The van der Waals surface area contributed by atoms with Crippen LogP contribution in [0.15, 0.2) is 15.9 Å². The van der Waals surface area contributed by atoms with Crippen molar-refractivity contribution in [1.29, 1.82) is 0 Å². The number of carbonyl (C=O) groups is 1. The van der Waals surface area contributed by atoms with E-state index in [4.69, 9.17) is 4.74 Å². The number of halogens is 1. The Bertz CT molecular complexity index is 455. The molecule has 1 atom stereocenters. The molecule has 1 aromatic heterocycles. The first-order valence-electron chi connectivity index (χ1n) is 7.12. The molecule has 21 heavy (non-hydrogen) atoms. The fourth-order valence-electron chi connectivity index (χ4n) is 1.73. The van der Waals surface area contributed by atoms with E-state index in [0.717, 1.165) is 10.3 Å². The maximum atomic E-state index is 11.7. The molecule has 0 aliphatic heterocycles. The van der Waals surface area contributed by atoms with Crippen molar-refractivity contribution in [1.82, 2.24) is 10.6 Å². The molecule has 1 heterocycles. The fraction of sp³-hybridized carbons (Fsp3) is 0.667. The predicted octanol–water partition coefficient (Wildman–Crippen LogP) is 4.15. The minimum atomic E-state index is -0.464. The molecule has 1 aromatic rings. The second-order valence-electron chi connectivity index (χ2n) is 6.32. The van der Waals surface area contributed by atoms with Crippen LogP contribution in [0.4, 0.5) is 4.79 Å². The molecule has 0 radical (unpaired) electrons. The Morgan fingerprint density at radius 1 is 1.38 bits per heavy atom. The summed E-state index contributed by atoms with van der Waals surface area (Å²) in [7, 11) is 0. The molecular weight excluding hydrogens is 352 g/mol. The van der Waals surface area contributed by atoms with Crippen molar-refractivity contribution >= 4 is 33.4 Å². The maximum absolute atomic E-state index is 11.7. The smallest absolute Gasteiger partial charge is 0.407 e. The summed E-state index contributed by atoms with van der Waals surface area (Å²) >= 11 is 5.18. The van der Waals surface area contributed by atoms with E-state index in [1.165, 1.54) is 4.88 Å². The number of nitrogens with one attached hydrogen (secondary N) is 2. The van der Waals surface area contributed by atoms with Crippen LogP contribution in [-0.4, -0.2) is 24.3 Å². The molecule has 0 aliphatic rings. The highest BCUT2D eigenvalue weighted by Gasteiger charge is 2.18. The van der Waals surface area contributed by atoms with Gasteiger partial charge in [0.05, 0.1) is 3.79 Å². The highest BCUT2D eigenvalue weighted by atomic mass is 79.9. The summed E-state index contributed by atoms with van der Waals surface area (Å²) in [6, 6.07) is 4.35. The van der Waals surface area contributed by atoms with Crippen LogP contribution in [0.2, 0.25) is 0 Å². The largest absolute Gasteiger partial charge is 0.444 e. The van der Waals surface area contributed by atoms with Gasteiger partial charge in [-0.25, -0.2) is 4.79 Å². The lowest BCUT2D eigenvalue weighted by Gasteiger charge is -2.24. The zero-order valence-corrected chi connectivity index (χ0v) is 15.7. The molecule has 0 aliphatic carbocycles. The molecule has 4 nitrogen and oxygen atoms in total. The molecule has 0 aromatic carbocycles. The predicted molar refractivity (Wildman–Crippen MR) is 91.7 cm³/mol. The summed E-state index contributed by atoms with van der Waals surface area (Å²) in [5.74, 6) is 0.420. The van der Waals surface area contributed by atoms with Crippen molar-refractivity contribution in [2.45, 2.75) is 52.8 Å². The number of rotatable bonds is 6. The van der Waals surface area contributed by atoms with Crippen LogP contribution in [0.25, 0.3) is 0 Å². The molecule has 0 spiro atoms. The van der Waals surface area contributed by atoms with Gasteiger partial charge in [-0.3, -0.25) is 0 Å². The third-order valence-corrected chi connectivity index (χ3v) is 4.46. The number of carbonyl (C=O) groups excluding carboxylic acids is 1. The van der Waals surface area contributed by atoms with E-state index in [2.05, 4.69) is 46.5 Å². The van der Waals surface area contributed by atoms with E-state index in [1.807, 2.05) is 26.8 Å². The highest BCUT2D eigenvalue weighted by Crippen LogP contribution is 2.22. The van der Waals surface area contributed by atoms with Gasteiger partial charge in [-0.1, -0.05) is 13.8 Å². The number of amides is 1. The van der Waals surface area contributed by atoms with Gasteiger partial charge in [-0.2, -0.15) is 0 Å². The average molecular weight is 377 g/mol. The Morgan fingerprint density at radius 2 is 2.05 bits per heavy atom. The highest BCUT2D eigenvalue weighted by molar-refractivity contribution is 9.11. The topological polar surface area (TPSA) is 50.4 Å². The Kier molecular flexibility index (Phi) is 7.16. The summed E-state index contributed by atoms with van der Waals surface area (Å²) in [4.78, 5) is 13.0. The first-order chi connectivity index (χ1) is 9.67. The third kappa shape index (κ3) is 7.83. The Hall–Kier alpha value is -0.590. The first kappa shape index (κ1) is 18.5. The molecule has 2 N–H and O–H groups in total. The molecule has 0 saturated carbocycles. The quantitative estimate of drug-likeness (QED) is 0.783. The number of ether oxygens (including phenoxy) is 1. The second-order valence-corrected chi connectivity index (χ2v) is 8.87. The molecule has 120 valence electrons. The van der Waals surface area contributed by atoms with E-state index in [1.54, 1.807) is 11.3 Å². The van der Waals surface area contributed by atoms with Gasteiger partial charge in [-0.15, -0.1) is 11.3 Å². The van der Waals surface area contributed by atoms with Gasteiger partial charge in [0.25, 0.3) is 0 Å². The fourth-order valence-corrected chi connectivity index (χ4v) is 3.16. The molecule has 0 bridgehead atoms. The second kappa shape index (κ2) is 8.15. The van der Waals surface area contributed by atoms with Crippen LogP contribution < -0.4 is 10.6 Å². The lowest BCUT2D eigenvalue weighted by atomic mass is 10.0. The van der Waals surface area contributed by atoms with Gasteiger partial charge in [0.15, 0.2) is 0 Å². The van der Waals surface area contributed by atoms with Gasteiger partial charge in [-0.05, 0) is 54.8 Å². The van der Waals surface area contributed by atoms with Crippen LogP contribution in [-0.2, 0) is 11.3 Å². The van der Waals surface area contributed by atoms with E-state index >= 15 is 0 Å². The van der Waals surface area contributed by atoms with Crippen LogP contribution in [0.1, 0.15) is 39.5 Å². The van der Waals surface area contributed by atoms with Gasteiger partial charge in [0.1, 0.15) is 5.60 Å². The molecule has 1 unspecified atom stereocenters. The van der Waals surface area contributed by atoms with E-state index in [0.29, 0.717) is 12.5 Å². The Balaban J connectivity index is 2.41. The lowest BCUT2D eigenvalue weighted by Crippen LogP contribution is -2.45. The van der Waals surface area contributed by atoms with Gasteiger partial charge in [0.2, 0.25) is 0 Å². The summed E-state index contributed by atoms with van der Waals surface area (Å²) in [5.41, 5.74) is -0.464. The summed E-state index contributed by atoms with van der Waals surface area (Å²) in [6.07, 6.45) is -0.367. The number of alkyl carbamates (subject to hydrolysis) is 1. The standard InChI is InChI=1S/C15H25BrN2O2S/c1-10(2)12(9-18-14(19)20-15(3,4)5)17-8-11-6-7-13(16)21-11/h6-7,10,12,17H,8-9H2,1-5H3,(H,18,19). The summed E-state index contributed by atoms with van der Waals surface area (Å²) in [5, 5.41) is 6.32. The zero-order valence-electron chi connectivity index (χ0n) is 13.3. The molecule has 0 fully saturated rings. The molecule has 1 amide bonds. The van der Waals surface area contributed by atoms with E-state index < -0.39 is 5.60 Å². The monoisotopic (exact) mass is 376 g/mol. The molecule has 0 saturated heterocycles. The Morgan fingerprint density at radius 3 is 2.52 bits per heavy atom. The van der Waals surface area contributed by atoms with Gasteiger partial charge in [0, 0.05) is 24.0 Å². The third-order valence-electron chi connectivity index (χ3n) is 2.84. The molecular formula is C15H25BrN2O2S. The van der Waals surface area contributed by atoms with Crippen molar-refractivity contribution in [2.24, 2.45) is 5.92 Å². The zero-order chi connectivity index (χ0) is 16.0. The van der Waals surface area contributed by atoms with Crippen molar-refractivity contribution in [3.63, 3.8) is 0 Å². The molecule has 1 rings (SSSR count). The minimum absolute atomic E-state index is 0.207. The normalized spacial score (nSPS) is 13.3. The van der Waals surface area contributed by atoms with Gasteiger partial charge < -0.3 is 15.4 Å². The molecule has 6 heteroatoms. The van der Waals surface area contributed by atoms with Crippen LogP contribution >= 0.6 is 27.3 Å². The van der Waals surface area contributed by atoms with Crippen LogP contribution in [0, 0.1) is 5.92 Å². The number of hydrogen-bond donors (Lipinski definition) is 2. The summed E-state index contributed by atoms with van der Waals surface area (Å²) < 4.78 is 6.38. The van der Waals surface area contributed by atoms with Crippen molar-refractivity contribution < 1.29 is 9.53 Å². The lowest BCUT2D eigenvalue weighted by molar-refractivity contribution is 0.0519. The first-order valence-corrected chi connectivity index (χ1v) is 8.73. The van der Waals surface area contributed by atoms with Crippen molar-refractivity contribution in [3.8, 4) is 0 Å². The maximum Gasteiger partial charge on any atom is 0.407 e. The minimum Gasteiger partial charge on any atom is -0.444 e. The SMILES string of the molecule is CC(C)C(CNC(=O)OC(C)(C)C)NCc1ccc(Br)s1. The van der Waals surface area contributed by atoms with Crippen molar-refractivity contribution in [2.75, 3.05) is 6.54 Å². The Labute approximate surface area is 139 Å². The number of thiophene rings is 1. The number of hydrogen-bond acceptors (Lipinski definition) is 4.